The van der Waals surface area contributed by atoms with Crippen molar-refractivity contribution in [2.75, 3.05) is 13.6 Å². The van der Waals surface area contributed by atoms with Gasteiger partial charge in [-0.1, -0.05) is 20.8 Å². The van der Waals surface area contributed by atoms with E-state index in [4.69, 9.17) is 4.74 Å². The van der Waals surface area contributed by atoms with Crippen LogP contribution >= 0.6 is 11.3 Å². The van der Waals surface area contributed by atoms with Crippen LogP contribution in [0.2, 0.25) is 0 Å². The number of ether oxygens (including phenoxy) is 1. The van der Waals surface area contributed by atoms with Gasteiger partial charge in [-0.3, -0.25) is 4.79 Å². The lowest BCUT2D eigenvalue weighted by atomic mass is 9.95. The highest BCUT2D eigenvalue weighted by atomic mass is 32.1. The van der Waals surface area contributed by atoms with Gasteiger partial charge in [0.05, 0.1) is 0 Å². The van der Waals surface area contributed by atoms with E-state index in [1.54, 1.807) is 18.0 Å². The van der Waals surface area contributed by atoms with Crippen molar-refractivity contribution in [3.8, 4) is 5.75 Å². The van der Waals surface area contributed by atoms with E-state index in [1.165, 1.54) is 11.3 Å². The van der Waals surface area contributed by atoms with Crippen LogP contribution < -0.4 is 4.74 Å². The van der Waals surface area contributed by atoms with E-state index < -0.39 is 12.1 Å². The van der Waals surface area contributed by atoms with Gasteiger partial charge in [0.2, 0.25) is 0 Å². The smallest absolute Gasteiger partial charge is 0.349 e. The Morgan fingerprint density at radius 2 is 2.15 bits per heavy atom. The molecule has 0 aromatic carbocycles. The van der Waals surface area contributed by atoms with Crippen LogP contribution in [-0.4, -0.2) is 41.6 Å². The second-order valence-corrected chi connectivity index (χ2v) is 7.07. The van der Waals surface area contributed by atoms with Crippen molar-refractivity contribution in [1.82, 2.24) is 4.90 Å². The minimum Gasteiger partial charge on any atom is -0.479 e. The van der Waals surface area contributed by atoms with Gasteiger partial charge in [0, 0.05) is 24.9 Å². The molecule has 2 heterocycles. The molecule has 1 atom stereocenters. The predicted molar refractivity (Wildman–Crippen MR) is 76.6 cm³/mol. The Hall–Kier alpha value is -1.56. The number of carboxylic acids is 1. The molecule has 6 heteroatoms. The number of nitrogens with zero attached hydrogens (tertiary/aromatic N) is 1. The summed E-state index contributed by atoms with van der Waals surface area (Å²) in [7, 11) is 1.72. The number of carbonyl (C=O) groups is 2. The molecule has 0 radical (unpaired) electrons. The van der Waals surface area contributed by atoms with Gasteiger partial charge < -0.3 is 14.7 Å². The fourth-order valence-corrected chi connectivity index (χ4v) is 3.02. The second-order valence-electron chi connectivity index (χ2n) is 6.01. The van der Waals surface area contributed by atoms with Crippen LogP contribution in [0, 0.1) is 0 Å². The maximum absolute atomic E-state index is 11.9. The normalized spacial score (nSPS) is 19.5. The number of aromatic carboxylic acids is 1. The van der Waals surface area contributed by atoms with Gasteiger partial charge in [-0.05, 0) is 11.5 Å². The van der Waals surface area contributed by atoms with Gasteiger partial charge in [-0.2, -0.15) is 0 Å². The summed E-state index contributed by atoms with van der Waals surface area (Å²) in [5, 5.41) is 9.27. The largest absolute Gasteiger partial charge is 0.479 e. The van der Waals surface area contributed by atoms with E-state index in [1.807, 2.05) is 20.8 Å². The topological polar surface area (TPSA) is 66.8 Å². The molecule has 1 aromatic rings. The third kappa shape index (κ3) is 2.80. The molecule has 1 aliphatic heterocycles. The number of thiophene rings is 1. The zero-order valence-electron chi connectivity index (χ0n) is 12.1. The molecule has 1 aliphatic rings. The number of likely N-dealkylation sites (tertiary alicyclic amines) is 1. The first-order chi connectivity index (χ1) is 9.20. The minimum absolute atomic E-state index is 0.0927. The summed E-state index contributed by atoms with van der Waals surface area (Å²) in [4.78, 5) is 25.9. The van der Waals surface area contributed by atoms with Gasteiger partial charge in [0.15, 0.2) is 11.0 Å². The third-order valence-electron chi connectivity index (χ3n) is 3.28. The molecule has 0 spiro atoms. The first kappa shape index (κ1) is 14.8. The predicted octanol–water partition coefficient (Wildman–Crippen LogP) is 2.35. The second kappa shape index (κ2) is 5.09. The van der Waals surface area contributed by atoms with Gasteiger partial charge in [-0.15, -0.1) is 11.3 Å². The minimum atomic E-state index is -1.01. The standard InChI is InChI=1S/C14H19NO4S/c1-14(2,3)10-7-9(11(20-10)13(17)18)19-8-5-6-15(4)12(8)16/h7-8H,5-6H2,1-4H3,(H,17,18). The van der Waals surface area contributed by atoms with E-state index in [-0.39, 0.29) is 16.2 Å². The first-order valence-corrected chi connectivity index (χ1v) is 7.31. The Kier molecular flexibility index (Phi) is 3.77. The number of amides is 1. The summed E-state index contributed by atoms with van der Waals surface area (Å²) >= 11 is 1.21. The lowest BCUT2D eigenvalue weighted by Crippen LogP contribution is -2.29. The average Bonchev–Trinajstić information content (AvgIpc) is 2.88. The van der Waals surface area contributed by atoms with Crippen LogP contribution in [0.4, 0.5) is 0 Å². The molecule has 2 rings (SSSR count). The van der Waals surface area contributed by atoms with Crippen LogP contribution in [0.3, 0.4) is 0 Å². The molecule has 0 bridgehead atoms. The molecule has 1 fully saturated rings. The van der Waals surface area contributed by atoms with E-state index in [0.29, 0.717) is 18.7 Å². The number of carbonyl (C=O) groups excluding carboxylic acids is 1. The van der Waals surface area contributed by atoms with E-state index in [9.17, 15) is 14.7 Å². The fourth-order valence-electron chi connectivity index (χ4n) is 2.03. The number of hydrogen-bond donors (Lipinski definition) is 1. The summed E-state index contributed by atoms with van der Waals surface area (Å²) in [5.74, 6) is -0.801. The molecule has 1 saturated heterocycles. The molecule has 1 unspecified atom stereocenters. The zero-order valence-corrected chi connectivity index (χ0v) is 12.9. The molecule has 0 aliphatic carbocycles. The monoisotopic (exact) mass is 297 g/mol. The zero-order chi connectivity index (χ0) is 15.1. The molecule has 20 heavy (non-hydrogen) atoms. The maximum atomic E-state index is 11.9. The lowest BCUT2D eigenvalue weighted by Gasteiger charge is -2.15. The van der Waals surface area contributed by atoms with Crippen molar-refractivity contribution in [2.45, 2.75) is 38.7 Å². The highest BCUT2D eigenvalue weighted by Gasteiger charge is 2.33. The van der Waals surface area contributed by atoms with Gasteiger partial charge in [0.25, 0.3) is 5.91 Å². The SMILES string of the molecule is CN1CCC(Oc2cc(C(C)(C)C)sc2C(=O)O)C1=O. The van der Waals surface area contributed by atoms with Crippen molar-refractivity contribution in [3.05, 3.63) is 15.8 Å². The molecule has 0 saturated carbocycles. The van der Waals surface area contributed by atoms with Gasteiger partial charge >= 0.3 is 5.97 Å². The van der Waals surface area contributed by atoms with Crippen molar-refractivity contribution in [2.24, 2.45) is 0 Å². The Balaban J connectivity index is 2.29. The number of hydrogen-bond acceptors (Lipinski definition) is 4. The molecule has 1 amide bonds. The molecular formula is C14H19NO4S. The maximum Gasteiger partial charge on any atom is 0.349 e. The highest BCUT2D eigenvalue weighted by Crippen LogP contribution is 2.37. The van der Waals surface area contributed by atoms with Gasteiger partial charge in [-0.25, -0.2) is 4.79 Å². The summed E-state index contributed by atoms with van der Waals surface area (Å²) in [6, 6.07) is 1.75. The summed E-state index contributed by atoms with van der Waals surface area (Å²) < 4.78 is 5.66. The van der Waals surface area contributed by atoms with Crippen molar-refractivity contribution in [3.63, 3.8) is 0 Å². The molecule has 1 aromatic heterocycles. The van der Waals surface area contributed by atoms with Crippen LogP contribution in [0.5, 0.6) is 5.75 Å². The highest BCUT2D eigenvalue weighted by molar-refractivity contribution is 7.14. The van der Waals surface area contributed by atoms with E-state index >= 15 is 0 Å². The van der Waals surface area contributed by atoms with Crippen molar-refractivity contribution in [1.29, 1.82) is 0 Å². The van der Waals surface area contributed by atoms with Crippen LogP contribution in [0.1, 0.15) is 41.7 Å². The van der Waals surface area contributed by atoms with E-state index in [0.717, 1.165) is 4.88 Å². The Morgan fingerprint density at radius 3 is 2.60 bits per heavy atom. The fraction of sp³-hybridized carbons (Fsp3) is 0.571. The molecule has 5 nitrogen and oxygen atoms in total. The quantitative estimate of drug-likeness (QED) is 0.930. The van der Waals surface area contributed by atoms with Crippen LogP contribution in [0.15, 0.2) is 6.07 Å². The van der Waals surface area contributed by atoms with Crippen molar-refractivity contribution >= 4 is 23.2 Å². The Labute approximate surface area is 122 Å². The lowest BCUT2D eigenvalue weighted by molar-refractivity contribution is -0.132. The Morgan fingerprint density at radius 1 is 1.50 bits per heavy atom. The average molecular weight is 297 g/mol. The van der Waals surface area contributed by atoms with Crippen LogP contribution in [-0.2, 0) is 10.2 Å². The van der Waals surface area contributed by atoms with Crippen LogP contribution in [0.25, 0.3) is 0 Å². The van der Waals surface area contributed by atoms with Crippen molar-refractivity contribution < 1.29 is 19.4 Å². The third-order valence-corrected chi connectivity index (χ3v) is 4.81. The number of rotatable bonds is 3. The summed E-state index contributed by atoms with van der Waals surface area (Å²) in [5.41, 5.74) is -0.146. The Bertz CT molecular complexity index is 544. The summed E-state index contributed by atoms with van der Waals surface area (Å²) in [6.45, 7) is 6.69. The van der Waals surface area contributed by atoms with Gasteiger partial charge in [0.1, 0.15) is 5.75 Å². The molecule has 110 valence electrons. The molecule has 1 N–H and O–H groups in total. The summed E-state index contributed by atoms with van der Waals surface area (Å²) in [6.07, 6.45) is 0.0234. The molecular weight excluding hydrogens is 278 g/mol. The first-order valence-electron chi connectivity index (χ1n) is 6.49. The number of likely N-dealkylation sites (N-methyl/N-ethyl adjacent to an activating group) is 1. The number of carboxylic acid groups (broad SMARTS) is 1. The van der Waals surface area contributed by atoms with E-state index in [2.05, 4.69) is 0 Å².